The molecule has 3 atom stereocenters. The molecule has 1 aliphatic rings. The molecule has 5 heteroatoms. The van der Waals surface area contributed by atoms with Crippen LogP contribution in [0.3, 0.4) is 0 Å². The topological polar surface area (TPSA) is 49.6 Å². The number of nitrogens with two attached hydrogens (primary N) is 1. The predicted molar refractivity (Wildman–Crippen MR) is 77.9 cm³/mol. The van der Waals surface area contributed by atoms with E-state index < -0.39 is 0 Å². The van der Waals surface area contributed by atoms with Gasteiger partial charge in [-0.2, -0.15) is 0 Å². The number of hydrogen-bond donors (Lipinski definition) is 1. The Labute approximate surface area is 117 Å². The summed E-state index contributed by atoms with van der Waals surface area (Å²) in [5, 5.41) is 0. The second-order valence-corrected chi connectivity index (χ2v) is 5.55. The van der Waals surface area contributed by atoms with Crippen LogP contribution in [0.4, 0.5) is 0 Å². The lowest BCUT2D eigenvalue weighted by molar-refractivity contribution is -0.132. The number of carbonyl (C=O) groups excluding carboxylic acids is 1. The third-order valence-corrected chi connectivity index (χ3v) is 3.94. The van der Waals surface area contributed by atoms with Crippen molar-refractivity contribution in [3.05, 3.63) is 0 Å². The van der Waals surface area contributed by atoms with Crippen molar-refractivity contribution in [2.75, 3.05) is 33.7 Å². The minimum absolute atomic E-state index is 0. The first-order valence-electron chi connectivity index (χ1n) is 6.64. The summed E-state index contributed by atoms with van der Waals surface area (Å²) in [5.74, 6) is 0.961. The summed E-state index contributed by atoms with van der Waals surface area (Å²) in [7, 11) is 4.01. The van der Waals surface area contributed by atoms with E-state index in [0.717, 1.165) is 26.1 Å². The van der Waals surface area contributed by atoms with Crippen molar-refractivity contribution < 1.29 is 4.79 Å². The van der Waals surface area contributed by atoms with E-state index in [1.165, 1.54) is 6.42 Å². The number of rotatable bonds is 5. The van der Waals surface area contributed by atoms with Crippen molar-refractivity contribution in [1.29, 1.82) is 0 Å². The molecule has 0 bridgehead atoms. The Morgan fingerprint density at radius 2 is 2.17 bits per heavy atom. The van der Waals surface area contributed by atoms with Crippen LogP contribution in [0, 0.1) is 11.8 Å². The van der Waals surface area contributed by atoms with Crippen LogP contribution < -0.4 is 5.73 Å². The molecule has 1 rings (SSSR count). The van der Waals surface area contributed by atoms with Crippen molar-refractivity contribution >= 4 is 18.3 Å². The maximum Gasteiger partial charge on any atom is 0.239 e. The first-order valence-corrected chi connectivity index (χ1v) is 6.64. The van der Waals surface area contributed by atoms with Gasteiger partial charge in [0.2, 0.25) is 5.91 Å². The van der Waals surface area contributed by atoms with Crippen LogP contribution in [0.2, 0.25) is 0 Å². The largest absolute Gasteiger partial charge is 0.344 e. The summed E-state index contributed by atoms with van der Waals surface area (Å²) in [4.78, 5) is 16.2. The van der Waals surface area contributed by atoms with Crippen LogP contribution in [-0.2, 0) is 4.79 Å². The standard InChI is InChI=1S/C13H27N3O.ClH/c1-5-10(2)12(14)13(17)16(4)9-11-6-7-15(3)8-11;/h10-12H,5-9,14H2,1-4H3;1H. The van der Waals surface area contributed by atoms with Crippen LogP contribution in [0.15, 0.2) is 0 Å². The zero-order chi connectivity index (χ0) is 13.0. The van der Waals surface area contributed by atoms with Gasteiger partial charge in [-0.15, -0.1) is 12.4 Å². The molecule has 0 radical (unpaired) electrons. The highest BCUT2D eigenvalue weighted by atomic mass is 35.5. The molecule has 0 saturated carbocycles. The van der Waals surface area contributed by atoms with Gasteiger partial charge < -0.3 is 15.5 Å². The van der Waals surface area contributed by atoms with Gasteiger partial charge in [-0.05, 0) is 31.8 Å². The summed E-state index contributed by atoms with van der Waals surface area (Å²) in [5.41, 5.74) is 5.97. The van der Waals surface area contributed by atoms with E-state index in [4.69, 9.17) is 5.73 Å². The summed E-state index contributed by atoms with van der Waals surface area (Å²) >= 11 is 0. The van der Waals surface area contributed by atoms with E-state index in [0.29, 0.717) is 5.92 Å². The molecular weight excluding hydrogens is 250 g/mol. The predicted octanol–water partition coefficient (Wildman–Crippen LogP) is 1.19. The summed E-state index contributed by atoms with van der Waals surface area (Å²) in [6.07, 6.45) is 2.14. The van der Waals surface area contributed by atoms with Crippen LogP contribution in [0.1, 0.15) is 26.7 Å². The summed E-state index contributed by atoms with van der Waals surface area (Å²) in [6.45, 7) is 7.19. The summed E-state index contributed by atoms with van der Waals surface area (Å²) in [6, 6.07) is -0.343. The summed E-state index contributed by atoms with van der Waals surface area (Å²) < 4.78 is 0. The maximum absolute atomic E-state index is 12.1. The number of likely N-dealkylation sites (N-methyl/N-ethyl adjacent to an activating group) is 1. The normalized spacial score (nSPS) is 23.3. The fraction of sp³-hybridized carbons (Fsp3) is 0.923. The molecular formula is C13H28ClN3O. The van der Waals surface area contributed by atoms with Gasteiger partial charge in [0.25, 0.3) is 0 Å². The molecule has 0 aromatic rings. The molecule has 0 spiro atoms. The van der Waals surface area contributed by atoms with Gasteiger partial charge in [0.05, 0.1) is 6.04 Å². The highest BCUT2D eigenvalue weighted by Gasteiger charge is 2.26. The minimum Gasteiger partial charge on any atom is -0.344 e. The lowest BCUT2D eigenvalue weighted by Gasteiger charge is -2.26. The number of hydrogen-bond acceptors (Lipinski definition) is 3. The fourth-order valence-corrected chi connectivity index (χ4v) is 2.40. The van der Waals surface area contributed by atoms with E-state index in [1.807, 2.05) is 18.9 Å². The second-order valence-electron chi connectivity index (χ2n) is 5.55. The van der Waals surface area contributed by atoms with Gasteiger partial charge in [-0.1, -0.05) is 20.3 Å². The molecule has 1 heterocycles. The smallest absolute Gasteiger partial charge is 0.239 e. The molecule has 3 unspecified atom stereocenters. The zero-order valence-electron chi connectivity index (χ0n) is 12.1. The average molecular weight is 278 g/mol. The third kappa shape index (κ3) is 4.75. The van der Waals surface area contributed by atoms with E-state index in [2.05, 4.69) is 18.9 Å². The molecule has 2 N–H and O–H groups in total. The Morgan fingerprint density at radius 3 is 2.61 bits per heavy atom. The SMILES string of the molecule is CCC(C)C(N)C(=O)N(C)CC1CCN(C)C1.Cl. The Bertz CT molecular complexity index is 263. The van der Waals surface area contributed by atoms with Crippen LogP contribution in [0.5, 0.6) is 0 Å². The first-order chi connectivity index (χ1) is 7.95. The van der Waals surface area contributed by atoms with Crippen molar-refractivity contribution in [3.63, 3.8) is 0 Å². The number of amides is 1. The Hall–Kier alpha value is -0.320. The lowest BCUT2D eigenvalue weighted by atomic mass is 9.98. The molecule has 1 saturated heterocycles. The van der Waals surface area contributed by atoms with E-state index in [1.54, 1.807) is 0 Å². The molecule has 4 nitrogen and oxygen atoms in total. The molecule has 0 aromatic carbocycles. The number of likely N-dealkylation sites (tertiary alicyclic amines) is 1. The molecule has 0 aromatic heterocycles. The number of halogens is 1. The molecule has 1 fully saturated rings. The lowest BCUT2D eigenvalue weighted by Crippen LogP contribution is -2.47. The van der Waals surface area contributed by atoms with E-state index >= 15 is 0 Å². The average Bonchev–Trinajstić information content (AvgIpc) is 2.71. The van der Waals surface area contributed by atoms with Gasteiger partial charge in [0.15, 0.2) is 0 Å². The highest BCUT2D eigenvalue weighted by Crippen LogP contribution is 2.16. The van der Waals surface area contributed by atoms with E-state index in [-0.39, 0.29) is 30.3 Å². The van der Waals surface area contributed by atoms with Crippen LogP contribution in [-0.4, -0.2) is 55.5 Å². The molecule has 1 aliphatic heterocycles. The molecule has 18 heavy (non-hydrogen) atoms. The Morgan fingerprint density at radius 1 is 1.56 bits per heavy atom. The van der Waals surface area contributed by atoms with Crippen molar-refractivity contribution in [3.8, 4) is 0 Å². The molecule has 0 aliphatic carbocycles. The highest BCUT2D eigenvalue weighted by molar-refractivity contribution is 5.85. The second kappa shape index (κ2) is 7.97. The Kier molecular flexibility index (Phi) is 7.83. The third-order valence-electron chi connectivity index (χ3n) is 3.94. The monoisotopic (exact) mass is 277 g/mol. The van der Waals surface area contributed by atoms with Crippen LogP contribution >= 0.6 is 12.4 Å². The van der Waals surface area contributed by atoms with Gasteiger partial charge in [0.1, 0.15) is 0 Å². The van der Waals surface area contributed by atoms with Gasteiger partial charge in [-0.25, -0.2) is 0 Å². The van der Waals surface area contributed by atoms with Crippen molar-refractivity contribution in [2.45, 2.75) is 32.7 Å². The first kappa shape index (κ1) is 17.7. The zero-order valence-corrected chi connectivity index (χ0v) is 12.9. The molecule has 108 valence electrons. The number of nitrogens with zero attached hydrogens (tertiary/aromatic N) is 2. The minimum atomic E-state index is -0.343. The van der Waals surface area contributed by atoms with E-state index in [9.17, 15) is 4.79 Å². The van der Waals surface area contributed by atoms with Gasteiger partial charge in [-0.3, -0.25) is 4.79 Å². The van der Waals surface area contributed by atoms with Crippen molar-refractivity contribution in [2.24, 2.45) is 17.6 Å². The van der Waals surface area contributed by atoms with Crippen molar-refractivity contribution in [1.82, 2.24) is 9.80 Å². The quantitative estimate of drug-likeness (QED) is 0.821. The van der Waals surface area contributed by atoms with Gasteiger partial charge >= 0.3 is 0 Å². The molecule has 1 amide bonds. The van der Waals surface area contributed by atoms with Gasteiger partial charge in [0, 0.05) is 20.1 Å². The maximum atomic E-state index is 12.1. The van der Waals surface area contributed by atoms with Crippen LogP contribution in [0.25, 0.3) is 0 Å². The number of carbonyl (C=O) groups is 1. The fourth-order valence-electron chi connectivity index (χ4n) is 2.40. The Balaban J connectivity index is 0.00000289.